The first-order chi connectivity index (χ1) is 11.2. The van der Waals surface area contributed by atoms with E-state index in [2.05, 4.69) is 66.9 Å². The van der Waals surface area contributed by atoms with Crippen molar-refractivity contribution in [1.29, 1.82) is 5.26 Å². The summed E-state index contributed by atoms with van der Waals surface area (Å²) in [5.41, 5.74) is 6.62. The van der Waals surface area contributed by atoms with Gasteiger partial charge in [-0.3, -0.25) is 0 Å². The van der Waals surface area contributed by atoms with Crippen molar-refractivity contribution in [2.24, 2.45) is 0 Å². The summed E-state index contributed by atoms with van der Waals surface area (Å²) in [5.74, 6) is 0. The van der Waals surface area contributed by atoms with Gasteiger partial charge in [-0.05, 0) is 55.3 Å². The third-order valence-corrected chi connectivity index (χ3v) is 4.55. The SMILES string of the molecule is Cc1ccc(-n2c3ccccc3c3ccc(C#N)cc32)cc1C. The average molecular weight is 296 g/mol. The van der Waals surface area contributed by atoms with Crippen molar-refractivity contribution in [3.8, 4) is 11.8 Å². The number of rotatable bonds is 1. The number of hydrogen-bond donors (Lipinski definition) is 0. The number of para-hydroxylation sites is 1. The van der Waals surface area contributed by atoms with E-state index in [1.165, 1.54) is 27.4 Å². The number of benzene rings is 3. The Kier molecular flexibility index (Phi) is 2.96. The lowest BCUT2D eigenvalue weighted by Crippen LogP contribution is -1.95. The molecule has 0 aliphatic carbocycles. The molecule has 3 aromatic carbocycles. The number of nitrogens with zero attached hydrogens (tertiary/aromatic N) is 2. The van der Waals surface area contributed by atoms with E-state index in [9.17, 15) is 5.26 Å². The highest BCUT2D eigenvalue weighted by Crippen LogP contribution is 2.32. The van der Waals surface area contributed by atoms with Crippen LogP contribution in [0.15, 0.2) is 60.7 Å². The van der Waals surface area contributed by atoms with Gasteiger partial charge in [-0.1, -0.05) is 30.3 Å². The maximum atomic E-state index is 9.25. The fraction of sp³-hybridized carbons (Fsp3) is 0.0952. The molecule has 0 aliphatic rings. The van der Waals surface area contributed by atoms with Crippen LogP contribution in [-0.2, 0) is 0 Å². The fourth-order valence-corrected chi connectivity index (χ4v) is 3.18. The summed E-state index contributed by atoms with van der Waals surface area (Å²) >= 11 is 0. The molecule has 0 fully saturated rings. The van der Waals surface area contributed by atoms with Gasteiger partial charge in [0.2, 0.25) is 0 Å². The van der Waals surface area contributed by atoms with Gasteiger partial charge in [0.1, 0.15) is 0 Å². The van der Waals surface area contributed by atoms with Crippen molar-refractivity contribution in [3.05, 3.63) is 77.4 Å². The third kappa shape index (κ3) is 2.02. The molecule has 4 aromatic rings. The van der Waals surface area contributed by atoms with Crippen molar-refractivity contribution >= 4 is 21.8 Å². The second-order valence-electron chi connectivity index (χ2n) is 5.96. The van der Waals surface area contributed by atoms with E-state index in [0.717, 1.165) is 11.2 Å². The molecule has 1 aromatic heterocycles. The smallest absolute Gasteiger partial charge is 0.0992 e. The summed E-state index contributed by atoms with van der Waals surface area (Å²) in [7, 11) is 0. The van der Waals surface area contributed by atoms with Crippen LogP contribution < -0.4 is 0 Å². The quantitative estimate of drug-likeness (QED) is 0.470. The monoisotopic (exact) mass is 296 g/mol. The highest BCUT2D eigenvalue weighted by molar-refractivity contribution is 6.09. The molecule has 2 nitrogen and oxygen atoms in total. The first-order valence-electron chi connectivity index (χ1n) is 7.70. The van der Waals surface area contributed by atoms with Crippen LogP contribution in [-0.4, -0.2) is 4.57 Å². The van der Waals surface area contributed by atoms with Gasteiger partial charge in [0.05, 0.1) is 22.7 Å². The van der Waals surface area contributed by atoms with Crippen LogP contribution in [0.25, 0.3) is 27.5 Å². The largest absolute Gasteiger partial charge is 0.309 e. The fourth-order valence-electron chi connectivity index (χ4n) is 3.18. The molecular formula is C21H16N2. The Balaban J connectivity index is 2.17. The second kappa shape index (κ2) is 5.00. The molecule has 0 unspecified atom stereocenters. The van der Waals surface area contributed by atoms with E-state index in [1.807, 2.05) is 18.2 Å². The van der Waals surface area contributed by atoms with E-state index in [1.54, 1.807) is 0 Å². The van der Waals surface area contributed by atoms with Crippen molar-refractivity contribution < 1.29 is 0 Å². The minimum Gasteiger partial charge on any atom is -0.309 e. The molecule has 0 amide bonds. The predicted molar refractivity (Wildman–Crippen MR) is 95.0 cm³/mol. The van der Waals surface area contributed by atoms with E-state index in [0.29, 0.717) is 5.56 Å². The van der Waals surface area contributed by atoms with Crippen molar-refractivity contribution in [1.82, 2.24) is 4.57 Å². The van der Waals surface area contributed by atoms with Crippen molar-refractivity contribution in [2.75, 3.05) is 0 Å². The summed E-state index contributed by atoms with van der Waals surface area (Å²) in [4.78, 5) is 0. The summed E-state index contributed by atoms with van der Waals surface area (Å²) in [6.45, 7) is 4.26. The van der Waals surface area contributed by atoms with Crippen molar-refractivity contribution in [3.63, 3.8) is 0 Å². The van der Waals surface area contributed by atoms with Gasteiger partial charge in [0.15, 0.2) is 0 Å². The van der Waals surface area contributed by atoms with E-state index in [-0.39, 0.29) is 0 Å². The van der Waals surface area contributed by atoms with E-state index < -0.39 is 0 Å². The van der Waals surface area contributed by atoms with Crippen molar-refractivity contribution in [2.45, 2.75) is 13.8 Å². The topological polar surface area (TPSA) is 28.7 Å². The Labute approximate surface area is 135 Å². The average Bonchev–Trinajstić information content (AvgIpc) is 2.91. The summed E-state index contributed by atoms with van der Waals surface area (Å²) < 4.78 is 2.25. The minimum atomic E-state index is 0.686. The lowest BCUT2D eigenvalue weighted by atomic mass is 10.1. The molecule has 0 bridgehead atoms. The third-order valence-electron chi connectivity index (χ3n) is 4.55. The van der Waals surface area contributed by atoms with Gasteiger partial charge >= 0.3 is 0 Å². The minimum absolute atomic E-state index is 0.686. The van der Waals surface area contributed by atoms with Gasteiger partial charge < -0.3 is 4.57 Å². The van der Waals surface area contributed by atoms with Gasteiger partial charge in [0, 0.05) is 16.5 Å². The lowest BCUT2D eigenvalue weighted by molar-refractivity contribution is 1.16. The number of fused-ring (bicyclic) bond motifs is 3. The van der Waals surface area contributed by atoms with E-state index >= 15 is 0 Å². The van der Waals surface area contributed by atoms with Crippen LogP contribution in [0.5, 0.6) is 0 Å². The normalized spacial score (nSPS) is 11.0. The number of aryl methyl sites for hydroxylation is 2. The Bertz CT molecular complexity index is 1090. The molecule has 0 N–H and O–H groups in total. The molecule has 23 heavy (non-hydrogen) atoms. The molecule has 4 rings (SSSR count). The summed E-state index contributed by atoms with van der Waals surface area (Å²) in [6, 6.07) is 23.1. The first-order valence-corrected chi connectivity index (χ1v) is 7.70. The van der Waals surface area contributed by atoms with E-state index in [4.69, 9.17) is 0 Å². The molecular weight excluding hydrogens is 280 g/mol. The van der Waals surface area contributed by atoms with Crippen LogP contribution >= 0.6 is 0 Å². The Morgan fingerprint density at radius 1 is 0.783 bits per heavy atom. The molecule has 0 aliphatic heterocycles. The summed E-state index contributed by atoms with van der Waals surface area (Å²) in [5, 5.41) is 11.6. The second-order valence-corrected chi connectivity index (χ2v) is 5.96. The molecule has 0 saturated carbocycles. The standard InChI is InChI=1S/C21H16N2/c1-14-7-9-17(11-15(14)2)23-20-6-4-3-5-18(20)19-10-8-16(13-22)12-21(19)23/h3-12H,1-2H3. The Morgan fingerprint density at radius 2 is 1.57 bits per heavy atom. The zero-order valence-electron chi connectivity index (χ0n) is 13.2. The highest BCUT2D eigenvalue weighted by Gasteiger charge is 2.12. The first kappa shape index (κ1) is 13.6. The summed E-state index contributed by atoms with van der Waals surface area (Å²) in [6.07, 6.45) is 0. The molecule has 1 heterocycles. The maximum absolute atomic E-state index is 9.25. The van der Waals surface area contributed by atoms with Gasteiger partial charge in [-0.15, -0.1) is 0 Å². The van der Waals surface area contributed by atoms with Gasteiger partial charge in [0.25, 0.3) is 0 Å². The molecule has 0 saturated heterocycles. The number of hydrogen-bond acceptors (Lipinski definition) is 1. The molecule has 0 radical (unpaired) electrons. The number of nitriles is 1. The Morgan fingerprint density at radius 3 is 2.35 bits per heavy atom. The van der Waals surface area contributed by atoms with Crippen LogP contribution in [0.2, 0.25) is 0 Å². The molecule has 110 valence electrons. The molecule has 0 spiro atoms. The molecule has 2 heteroatoms. The highest BCUT2D eigenvalue weighted by atomic mass is 15.0. The van der Waals surface area contributed by atoms with Gasteiger partial charge in [-0.25, -0.2) is 0 Å². The van der Waals surface area contributed by atoms with Crippen LogP contribution in [0.4, 0.5) is 0 Å². The van der Waals surface area contributed by atoms with Crippen LogP contribution in [0, 0.1) is 25.2 Å². The lowest BCUT2D eigenvalue weighted by Gasteiger charge is -2.10. The maximum Gasteiger partial charge on any atom is 0.0992 e. The zero-order chi connectivity index (χ0) is 16.0. The van der Waals surface area contributed by atoms with Crippen LogP contribution in [0.1, 0.15) is 16.7 Å². The number of aromatic nitrogens is 1. The van der Waals surface area contributed by atoms with Gasteiger partial charge in [-0.2, -0.15) is 5.26 Å². The Hall–Kier alpha value is -3.05. The van der Waals surface area contributed by atoms with Crippen LogP contribution in [0.3, 0.4) is 0 Å². The molecule has 0 atom stereocenters. The predicted octanol–water partition coefficient (Wildman–Crippen LogP) is 5.27. The zero-order valence-corrected chi connectivity index (χ0v) is 13.2.